The van der Waals surface area contributed by atoms with Crippen molar-refractivity contribution in [3.8, 4) is 0 Å². The third kappa shape index (κ3) is 2.95. The van der Waals surface area contributed by atoms with Gasteiger partial charge in [-0.15, -0.1) is 11.3 Å². The minimum Gasteiger partial charge on any atom is -0.349 e. The molecule has 0 saturated carbocycles. The van der Waals surface area contributed by atoms with Gasteiger partial charge in [0.15, 0.2) is 5.13 Å². The van der Waals surface area contributed by atoms with E-state index < -0.39 is 0 Å². The average Bonchev–Trinajstić information content (AvgIpc) is 2.63. The molecule has 0 amide bonds. The predicted octanol–water partition coefficient (Wildman–Crippen LogP) is 2.97. The topological polar surface area (TPSA) is 28.2 Å². The van der Waals surface area contributed by atoms with Gasteiger partial charge in [-0.25, -0.2) is 4.98 Å². The third-order valence-electron chi connectivity index (χ3n) is 2.76. The molecule has 0 radical (unpaired) electrons. The number of aromatic nitrogens is 1. The lowest BCUT2D eigenvalue weighted by Gasteiger charge is -2.16. The molecule has 1 aromatic rings. The molecule has 0 saturated heterocycles. The lowest BCUT2D eigenvalue weighted by atomic mass is 10.2. The molecule has 1 heterocycles. The Kier molecular flexibility index (Phi) is 5.22. The summed E-state index contributed by atoms with van der Waals surface area (Å²) >= 11 is 1.82. The molecule has 0 spiro atoms. The van der Waals surface area contributed by atoms with Gasteiger partial charge in [-0.05, 0) is 34.2 Å². The molecule has 16 heavy (non-hydrogen) atoms. The quantitative estimate of drug-likeness (QED) is 0.830. The van der Waals surface area contributed by atoms with Crippen LogP contribution in [0.5, 0.6) is 0 Å². The predicted molar refractivity (Wildman–Crippen MR) is 72.5 cm³/mol. The standard InChI is InChI=1S/C12H23N3S/c1-6-13-9(4)11-10(5)14-12(16-11)15(7-2)8-3/h9,13H,6-8H2,1-5H3. The Hall–Kier alpha value is -0.610. The van der Waals surface area contributed by atoms with Crippen LogP contribution in [0.2, 0.25) is 0 Å². The van der Waals surface area contributed by atoms with Crippen LogP contribution in [0.3, 0.4) is 0 Å². The van der Waals surface area contributed by atoms with Crippen molar-refractivity contribution in [2.45, 2.75) is 40.7 Å². The van der Waals surface area contributed by atoms with E-state index in [4.69, 9.17) is 0 Å². The Balaban J connectivity index is 2.88. The Morgan fingerprint density at radius 3 is 2.44 bits per heavy atom. The van der Waals surface area contributed by atoms with Crippen LogP contribution in [0.15, 0.2) is 0 Å². The molecule has 0 aliphatic heterocycles. The number of rotatable bonds is 6. The summed E-state index contributed by atoms with van der Waals surface area (Å²) in [7, 11) is 0. The number of thiazole rings is 1. The molecule has 1 atom stereocenters. The van der Waals surface area contributed by atoms with Gasteiger partial charge < -0.3 is 10.2 Å². The van der Waals surface area contributed by atoms with Crippen molar-refractivity contribution in [3.63, 3.8) is 0 Å². The van der Waals surface area contributed by atoms with E-state index in [0.29, 0.717) is 6.04 Å². The maximum absolute atomic E-state index is 4.66. The summed E-state index contributed by atoms with van der Waals surface area (Å²) in [5, 5.41) is 4.60. The van der Waals surface area contributed by atoms with E-state index in [-0.39, 0.29) is 0 Å². The molecule has 1 unspecified atom stereocenters. The van der Waals surface area contributed by atoms with Gasteiger partial charge in [0.25, 0.3) is 0 Å². The van der Waals surface area contributed by atoms with Crippen molar-refractivity contribution in [1.29, 1.82) is 0 Å². The van der Waals surface area contributed by atoms with Crippen molar-refractivity contribution < 1.29 is 0 Å². The van der Waals surface area contributed by atoms with Gasteiger partial charge in [0.1, 0.15) is 0 Å². The van der Waals surface area contributed by atoms with E-state index in [2.05, 4.69) is 49.8 Å². The maximum atomic E-state index is 4.66. The fraction of sp³-hybridized carbons (Fsp3) is 0.750. The summed E-state index contributed by atoms with van der Waals surface area (Å²) in [4.78, 5) is 8.33. The minimum atomic E-state index is 0.409. The lowest BCUT2D eigenvalue weighted by Crippen LogP contribution is -2.21. The van der Waals surface area contributed by atoms with Crippen LogP contribution < -0.4 is 10.2 Å². The van der Waals surface area contributed by atoms with Gasteiger partial charge in [0.05, 0.1) is 5.69 Å². The SMILES string of the molecule is CCNC(C)c1sc(N(CC)CC)nc1C. The highest BCUT2D eigenvalue weighted by Crippen LogP contribution is 2.30. The minimum absolute atomic E-state index is 0.409. The second kappa shape index (κ2) is 6.21. The van der Waals surface area contributed by atoms with Crippen LogP contribution >= 0.6 is 11.3 Å². The van der Waals surface area contributed by atoms with E-state index >= 15 is 0 Å². The summed E-state index contributed by atoms with van der Waals surface area (Å²) in [6.45, 7) is 13.8. The van der Waals surface area contributed by atoms with Crippen molar-refractivity contribution in [2.24, 2.45) is 0 Å². The largest absolute Gasteiger partial charge is 0.349 e. The van der Waals surface area contributed by atoms with E-state index in [9.17, 15) is 0 Å². The molecule has 92 valence electrons. The number of anilines is 1. The maximum Gasteiger partial charge on any atom is 0.185 e. The van der Waals surface area contributed by atoms with Gasteiger partial charge in [-0.1, -0.05) is 6.92 Å². The number of nitrogens with one attached hydrogen (secondary N) is 1. The summed E-state index contributed by atoms with van der Waals surface area (Å²) in [6, 6.07) is 0.409. The Bertz CT molecular complexity index is 318. The second-order valence-electron chi connectivity index (χ2n) is 3.90. The molecule has 1 aromatic heterocycles. The molecule has 0 aliphatic rings. The first-order chi connectivity index (χ1) is 7.63. The highest BCUT2D eigenvalue weighted by Gasteiger charge is 2.15. The van der Waals surface area contributed by atoms with Crippen molar-refractivity contribution >= 4 is 16.5 Å². The van der Waals surface area contributed by atoms with Crippen LogP contribution in [0, 0.1) is 6.92 Å². The molecule has 3 nitrogen and oxygen atoms in total. The highest BCUT2D eigenvalue weighted by atomic mass is 32.1. The van der Waals surface area contributed by atoms with Crippen LogP contribution in [0.4, 0.5) is 5.13 Å². The van der Waals surface area contributed by atoms with E-state index in [1.54, 1.807) is 0 Å². The fourth-order valence-corrected chi connectivity index (χ4v) is 3.04. The number of hydrogen-bond acceptors (Lipinski definition) is 4. The number of hydrogen-bond donors (Lipinski definition) is 1. The zero-order valence-corrected chi connectivity index (χ0v) is 11.8. The summed E-state index contributed by atoms with van der Waals surface area (Å²) < 4.78 is 0. The first-order valence-corrected chi connectivity index (χ1v) is 6.91. The Morgan fingerprint density at radius 1 is 1.31 bits per heavy atom. The van der Waals surface area contributed by atoms with Crippen molar-refractivity contribution in [3.05, 3.63) is 10.6 Å². The molecular formula is C12H23N3S. The van der Waals surface area contributed by atoms with Crippen LogP contribution in [-0.2, 0) is 0 Å². The van der Waals surface area contributed by atoms with Gasteiger partial charge in [0, 0.05) is 24.0 Å². The molecular weight excluding hydrogens is 218 g/mol. The third-order valence-corrected chi connectivity index (χ3v) is 4.16. The summed E-state index contributed by atoms with van der Waals surface area (Å²) in [5.74, 6) is 0. The van der Waals surface area contributed by atoms with E-state index in [0.717, 1.165) is 24.8 Å². The van der Waals surface area contributed by atoms with Crippen LogP contribution in [-0.4, -0.2) is 24.6 Å². The zero-order chi connectivity index (χ0) is 12.1. The molecule has 0 aliphatic carbocycles. The molecule has 0 bridgehead atoms. The monoisotopic (exact) mass is 241 g/mol. The first kappa shape index (κ1) is 13.5. The van der Waals surface area contributed by atoms with Crippen molar-refractivity contribution in [2.75, 3.05) is 24.5 Å². The van der Waals surface area contributed by atoms with Crippen molar-refractivity contribution in [1.82, 2.24) is 10.3 Å². The average molecular weight is 241 g/mol. The Labute approximate surface area is 103 Å². The Morgan fingerprint density at radius 2 is 1.94 bits per heavy atom. The van der Waals surface area contributed by atoms with Gasteiger partial charge in [-0.2, -0.15) is 0 Å². The molecule has 0 fully saturated rings. The molecule has 1 rings (SSSR count). The number of aryl methyl sites for hydroxylation is 1. The normalized spacial score (nSPS) is 12.8. The lowest BCUT2D eigenvalue weighted by molar-refractivity contribution is 0.603. The van der Waals surface area contributed by atoms with Gasteiger partial charge >= 0.3 is 0 Å². The molecule has 4 heteroatoms. The molecule has 1 N–H and O–H groups in total. The summed E-state index contributed by atoms with van der Waals surface area (Å²) in [6.07, 6.45) is 0. The van der Waals surface area contributed by atoms with E-state index in [1.807, 2.05) is 11.3 Å². The smallest absolute Gasteiger partial charge is 0.185 e. The first-order valence-electron chi connectivity index (χ1n) is 6.09. The molecule has 0 aromatic carbocycles. The summed E-state index contributed by atoms with van der Waals surface area (Å²) in [5.41, 5.74) is 1.17. The van der Waals surface area contributed by atoms with E-state index in [1.165, 1.54) is 10.6 Å². The number of nitrogens with zero attached hydrogens (tertiary/aromatic N) is 2. The van der Waals surface area contributed by atoms with Crippen LogP contribution in [0.25, 0.3) is 0 Å². The van der Waals surface area contributed by atoms with Gasteiger partial charge in [-0.3, -0.25) is 0 Å². The second-order valence-corrected chi connectivity index (χ2v) is 4.91. The zero-order valence-electron chi connectivity index (χ0n) is 11.0. The fourth-order valence-electron chi connectivity index (χ4n) is 1.82. The highest BCUT2D eigenvalue weighted by molar-refractivity contribution is 7.15. The van der Waals surface area contributed by atoms with Crippen LogP contribution in [0.1, 0.15) is 44.3 Å². The van der Waals surface area contributed by atoms with Gasteiger partial charge in [0.2, 0.25) is 0 Å².